The van der Waals surface area contributed by atoms with E-state index in [9.17, 15) is 9.59 Å². The van der Waals surface area contributed by atoms with Crippen LogP contribution in [0.15, 0.2) is 84.9 Å². The smallest absolute Gasteiger partial charge is 0.231 e. The molecule has 0 saturated carbocycles. The summed E-state index contributed by atoms with van der Waals surface area (Å²) in [5.41, 5.74) is 21.3. The Morgan fingerprint density at radius 3 is 1.31 bits per heavy atom. The molecule has 2 aliphatic heterocycles. The molecule has 2 aromatic heterocycles. The van der Waals surface area contributed by atoms with Crippen LogP contribution in [0.1, 0.15) is 79.4 Å². The van der Waals surface area contributed by atoms with Crippen molar-refractivity contribution in [1.29, 1.82) is 0 Å². The third-order valence-corrected chi connectivity index (χ3v) is 13.7. The fourth-order valence-corrected chi connectivity index (χ4v) is 9.87. The molecule has 4 heterocycles. The number of nitrogens with zero attached hydrogens (tertiary/aromatic N) is 8. The van der Waals surface area contributed by atoms with E-state index in [1.165, 1.54) is 0 Å². The Morgan fingerprint density at radius 2 is 0.933 bits per heavy atom. The van der Waals surface area contributed by atoms with E-state index in [0.717, 1.165) is 141 Å². The van der Waals surface area contributed by atoms with Crippen molar-refractivity contribution in [2.24, 2.45) is 11.5 Å². The lowest BCUT2D eigenvalue weighted by atomic mass is 10.0. The normalized spacial score (nSPS) is 16.1. The van der Waals surface area contributed by atoms with E-state index in [-0.39, 0.29) is 43.1 Å². The van der Waals surface area contributed by atoms with Crippen molar-refractivity contribution in [2.45, 2.75) is 108 Å². The van der Waals surface area contributed by atoms with Crippen LogP contribution in [-0.4, -0.2) is 119 Å². The Balaban J connectivity index is 0.000000219. The molecular weight excluding hydrogens is 945 g/mol. The Bertz CT molecular complexity index is 2910. The number of nitrogens with two attached hydrogens (primary N) is 2. The van der Waals surface area contributed by atoms with Crippen LogP contribution in [0.3, 0.4) is 0 Å². The number of benzene rings is 4. The van der Waals surface area contributed by atoms with E-state index in [1.54, 1.807) is 0 Å². The molecule has 0 spiro atoms. The Morgan fingerprint density at radius 1 is 0.560 bits per heavy atom. The van der Waals surface area contributed by atoms with Gasteiger partial charge in [0.2, 0.25) is 11.8 Å². The van der Waals surface area contributed by atoms with E-state index >= 15 is 0 Å². The minimum absolute atomic E-state index is 0.0835. The molecule has 0 radical (unpaired) electrons. The first kappa shape index (κ1) is 55.5. The number of carbonyl (C=O) groups is 2. The number of aryl methyl sites for hydroxylation is 6. The average Bonchev–Trinajstić information content (AvgIpc) is 3.34. The number of ether oxygens (including phenoxy) is 4. The summed E-state index contributed by atoms with van der Waals surface area (Å²) >= 11 is 0. The molecule has 0 bridgehead atoms. The van der Waals surface area contributed by atoms with Crippen molar-refractivity contribution in [3.63, 3.8) is 0 Å². The fourth-order valence-electron chi connectivity index (χ4n) is 9.87. The summed E-state index contributed by atoms with van der Waals surface area (Å²) in [6, 6.07) is 28.1. The lowest BCUT2D eigenvalue weighted by Crippen LogP contribution is -2.54. The van der Waals surface area contributed by atoms with Crippen molar-refractivity contribution in [3.8, 4) is 45.8 Å². The molecule has 2 atom stereocenters. The maximum Gasteiger partial charge on any atom is 0.231 e. The highest BCUT2D eigenvalue weighted by molar-refractivity contribution is 5.76. The second-order valence-electron chi connectivity index (χ2n) is 20.0. The van der Waals surface area contributed by atoms with Gasteiger partial charge in [0, 0.05) is 74.6 Å². The van der Waals surface area contributed by atoms with Gasteiger partial charge in [-0.15, -0.1) is 0 Å². The highest BCUT2D eigenvalue weighted by atomic mass is 16.5. The molecule has 4 N–H and O–H groups in total. The van der Waals surface area contributed by atoms with Crippen molar-refractivity contribution < 1.29 is 28.5 Å². The van der Waals surface area contributed by atoms with E-state index in [4.69, 9.17) is 50.4 Å². The summed E-state index contributed by atoms with van der Waals surface area (Å²) in [6.07, 6.45) is 0.0835. The van der Waals surface area contributed by atoms with Crippen LogP contribution in [0, 0.1) is 41.5 Å². The topological polar surface area (TPSA) is 188 Å². The summed E-state index contributed by atoms with van der Waals surface area (Å²) < 4.78 is 24.0. The van der Waals surface area contributed by atoms with Gasteiger partial charge in [-0.3, -0.25) is 19.4 Å². The van der Waals surface area contributed by atoms with Gasteiger partial charge in [0.15, 0.2) is 11.6 Å². The SMILES string of the molecule is CCOc1cccc(OCc2c(C)nc(-c3c(C)cccc3C)nc2N2CCN(CC(N)=O)[C@H](C)C2)c1.Cc1cccc(C)c1-c1nc(C)c(COc2cccc(OC(C)C)c2)c(N2CCN(CC(N)=O)[C@H](C)C2)n1. The summed E-state index contributed by atoms with van der Waals surface area (Å²) in [5, 5.41) is 0. The molecular formula is C59H76N10O6. The zero-order chi connectivity index (χ0) is 53.9. The molecule has 16 heteroatoms. The lowest BCUT2D eigenvalue weighted by molar-refractivity contribution is -0.120. The predicted octanol–water partition coefficient (Wildman–Crippen LogP) is 8.47. The van der Waals surface area contributed by atoms with Gasteiger partial charge in [-0.2, -0.15) is 0 Å². The largest absolute Gasteiger partial charge is 0.494 e. The van der Waals surface area contributed by atoms with E-state index in [1.807, 2.05) is 83.1 Å². The Kier molecular flexibility index (Phi) is 18.7. The van der Waals surface area contributed by atoms with Gasteiger partial charge in [-0.05, 0) is 123 Å². The van der Waals surface area contributed by atoms with Crippen molar-refractivity contribution >= 4 is 23.5 Å². The third kappa shape index (κ3) is 14.3. The number of hydrogen-bond acceptors (Lipinski definition) is 14. The number of piperazine rings is 2. The van der Waals surface area contributed by atoms with Gasteiger partial charge in [0.1, 0.15) is 47.8 Å². The van der Waals surface area contributed by atoms with Crippen molar-refractivity contribution in [1.82, 2.24) is 29.7 Å². The second-order valence-corrected chi connectivity index (χ2v) is 20.0. The predicted molar refractivity (Wildman–Crippen MR) is 297 cm³/mol. The van der Waals surface area contributed by atoms with Gasteiger partial charge in [0.05, 0.1) is 48.3 Å². The molecule has 16 nitrogen and oxygen atoms in total. The minimum Gasteiger partial charge on any atom is -0.494 e. The molecule has 2 saturated heterocycles. The fraction of sp³-hybridized carbons (Fsp3) is 0.424. The molecule has 6 aromatic rings. The van der Waals surface area contributed by atoms with Gasteiger partial charge < -0.3 is 40.2 Å². The molecule has 398 valence electrons. The minimum atomic E-state index is -0.307. The van der Waals surface area contributed by atoms with Gasteiger partial charge in [-0.25, -0.2) is 19.9 Å². The summed E-state index contributed by atoms with van der Waals surface area (Å²) in [4.78, 5) is 52.0. The van der Waals surface area contributed by atoms with Crippen molar-refractivity contribution in [2.75, 3.05) is 68.8 Å². The van der Waals surface area contributed by atoms with Crippen LogP contribution in [-0.2, 0) is 22.8 Å². The standard InChI is InChI=1S/C30H39N5O3.C29H37N5O3/c1-19(2)38-25-12-8-11-24(15-25)37-18-26-23(6)32-29(28-20(3)9-7-10-21(28)4)33-30(26)35-14-13-34(17-27(31)36)22(5)16-35;1-6-36-23-11-8-12-24(15-23)37-18-25-22(5)31-28(27-19(2)9-7-10-20(27)3)32-29(25)34-14-13-33(17-26(30)35)21(4)16-34/h7-12,15,19,22H,13-14,16-18H2,1-6H3,(H2,31,36);7-12,15,21H,6,13-14,16-18H2,1-5H3,(H2,30,35)/t22-;21-/m11/s1. The Hall–Kier alpha value is -7.30. The van der Waals surface area contributed by atoms with Crippen LogP contribution in [0.5, 0.6) is 23.0 Å². The van der Waals surface area contributed by atoms with Crippen LogP contribution >= 0.6 is 0 Å². The molecule has 75 heavy (non-hydrogen) atoms. The van der Waals surface area contributed by atoms with Gasteiger partial charge in [0.25, 0.3) is 0 Å². The molecule has 0 unspecified atom stereocenters. The first-order valence-electron chi connectivity index (χ1n) is 26.1. The van der Waals surface area contributed by atoms with E-state index < -0.39 is 0 Å². The van der Waals surface area contributed by atoms with Crippen molar-refractivity contribution in [3.05, 3.63) is 130 Å². The quantitative estimate of drug-likeness (QED) is 0.0835. The zero-order valence-electron chi connectivity index (χ0n) is 45.8. The molecule has 4 aromatic carbocycles. The van der Waals surface area contributed by atoms with Crippen LogP contribution < -0.4 is 40.2 Å². The molecule has 2 aliphatic rings. The number of rotatable bonds is 18. The molecule has 2 fully saturated rings. The number of hydrogen-bond donors (Lipinski definition) is 2. The van der Waals surface area contributed by atoms with E-state index in [2.05, 4.69) is 97.5 Å². The van der Waals surface area contributed by atoms with Crippen LogP contribution in [0.25, 0.3) is 22.8 Å². The first-order chi connectivity index (χ1) is 35.9. The number of primary amides is 2. The molecule has 0 aliphatic carbocycles. The third-order valence-electron chi connectivity index (χ3n) is 13.7. The molecule has 2 amide bonds. The summed E-state index contributed by atoms with van der Waals surface area (Å²) in [6.45, 7) is 28.7. The van der Waals surface area contributed by atoms with E-state index in [0.29, 0.717) is 19.8 Å². The maximum absolute atomic E-state index is 11.6. The average molecular weight is 1020 g/mol. The zero-order valence-corrected chi connectivity index (χ0v) is 45.8. The number of amides is 2. The highest BCUT2D eigenvalue weighted by Gasteiger charge is 2.31. The maximum atomic E-state index is 11.6. The number of carbonyl (C=O) groups excluding carboxylic acids is 2. The summed E-state index contributed by atoms with van der Waals surface area (Å²) in [7, 11) is 0. The highest BCUT2D eigenvalue weighted by Crippen LogP contribution is 2.34. The number of anilines is 2. The number of aromatic nitrogens is 4. The monoisotopic (exact) mass is 1020 g/mol. The summed E-state index contributed by atoms with van der Waals surface area (Å²) in [5.74, 6) is 5.58. The van der Waals surface area contributed by atoms with Crippen LogP contribution in [0.4, 0.5) is 11.6 Å². The van der Waals surface area contributed by atoms with Crippen LogP contribution in [0.2, 0.25) is 0 Å². The lowest BCUT2D eigenvalue weighted by Gasteiger charge is -2.40. The Labute approximate surface area is 443 Å². The van der Waals surface area contributed by atoms with Gasteiger partial charge >= 0.3 is 0 Å². The second kappa shape index (κ2) is 25.3. The molecule has 8 rings (SSSR count). The van der Waals surface area contributed by atoms with Gasteiger partial charge in [-0.1, -0.05) is 48.5 Å². The first-order valence-corrected chi connectivity index (χ1v) is 26.1.